The van der Waals surface area contributed by atoms with Gasteiger partial charge in [0.2, 0.25) is 0 Å². The molecule has 0 aliphatic heterocycles. The summed E-state index contributed by atoms with van der Waals surface area (Å²) in [7, 11) is 2.98. The molecule has 1 aromatic heterocycles. The molecule has 1 N–H and O–H groups in total. The summed E-state index contributed by atoms with van der Waals surface area (Å²) in [4.78, 5) is 29.2. The van der Waals surface area contributed by atoms with Gasteiger partial charge in [0.15, 0.2) is 6.61 Å². The standard InChI is InChI=1S/C22H21FN2O6S/c1-13-21(32-20(24-13)12-30-15-6-4-14(23)5-7-15)22(27)31-11-19(26)25-17-10-16(28-2)8-9-18(17)29-3/h4-10H,11-12H2,1-3H3,(H,25,26). The first-order valence-corrected chi connectivity index (χ1v) is 10.2. The van der Waals surface area contributed by atoms with Crippen LogP contribution in [-0.2, 0) is 16.1 Å². The summed E-state index contributed by atoms with van der Waals surface area (Å²) in [6.45, 7) is 1.29. The van der Waals surface area contributed by atoms with Crippen LogP contribution in [-0.4, -0.2) is 37.7 Å². The van der Waals surface area contributed by atoms with Crippen molar-refractivity contribution >= 4 is 28.9 Å². The minimum atomic E-state index is -0.666. The fourth-order valence-corrected chi connectivity index (χ4v) is 3.55. The average Bonchev–Trinajstić information content (AvgIpc) is 3.17. The van der Waals surface area contributed by atoms with Gasteiger partial charge in [-0.25, -0.2) is 14.2 Å². The van der Waals surface area contributed by atoms with Crippen molar-refractivity contribution in [2.24, 2.45) is 0 Å². The number of hydrogen-bond donors (Lipinski definition) is 1. The Morgan fingerprint density at radius 1 is 1.06 bits per heavy atom. The molecule has 3 aromatic rings. The number of aromatic nitrogens is 1. The molecule has 0 radical (unpaired) electrons. The zero-order valence-electron chi connectivity index (χ0n) is 17.6. The van der Waals surface area contributed by atoms with Crippen molar-refractivity contribution in [2.75, 3.05) is 26.1 Å². The number of ether oxygens (including phenoxy) is 4. The van der Waals surface area contributed by atoms with Crippen molar-refractivity contribution in [3.05, 3.63) is 63.9 Å². The minimum absolute atomic E-state index is 0.112. The summed E-state index contributed by atoms with van der Waals surface area (Å²) in [5, 5.41) is 3.17. The number of hydrogen-bond acceptors (Lipinski definition) is 8. The van der Waals surface area contributed by atoms with Gasteiger partial charge in [-0.3, -0.25) is 4.79 Å². The summed E-state index contributed by atoms with van der Waals surface area (Å²) in [6.07, 6.45) is 0. The lowest BCUT2D eigenvalue weighted by Crippen LogP contribution is -2.21. The molecule has 0 aliphatic carbocycles. The van der Waals surface area contributed by atoms with Crippen LogP contribution in [0.4, 0.5) is 10.1 Å². The zero-order chi connectivity index (χ0) is 23.1. The third-order valence-electron chi connectivity index (χ3n) is 4.22. The number of methoxy groups -OCH3 is 2. The smallest absolute Gasteiger partial charge is 0.350 e. The van der Waals surface area contributed by atoms with E-state index in [0.29, 0.717) is 33.6 Å². The van der Waals surface area contributed by atoms with Gasteiger partial charge in [0, 0.05) is 6.07 Å². The highest BCUT2D eigenvalue weighted by molar-refractivity contribution is 7.13. The van der Waals surface area contributed by atoms with E-state index < -0.39 is 18.5 Å². The number of nitrogens with zero attached hydrogens (tertiary/aromatic N) is 1. The van der Waals surface area contributed by atoms with Gasteiger partial charge in [0.25, 0.3) is 5.91 Å². The number of amides is 1. The maximum atomic E-state index is 13.0. The molecule has 0 aliphatic rings. The SMILES string of the molecule is COc1ccc(OC)c(NC(=O)COC(=O)c2sc(COc3ccc(F)cc3)nc2C)c1. The molecule has 0 unspecified atom stereocenters. The van der Waals surface area contributed by atoms with E-state index in [4.69, 9.17) is 18.9 Å². The van der Waals surface area contributed by atoms with Gasteiger partial charge >= 0.3 is 5.97 Å². The van der Waals surface area contributed by atoms with Crippen LogP contribution in [0, 0.1) is 12.7 Å². The van der Waals surface area contributed by atoms with E-state index in [1.54, 1.807) is 25.1 Å². The van der Waals surface area contributed by atoms with Crippen LogP contribution in [0.3, 0.4) is 0 Å². The average molecular weight is 460 g/mol. The summed E-state index contributed by atoms with van der Waals surface area (Å²) in [5.74, 6) is -0.106. The molecule has 0 bridgehead atoms. The van der Waals surface area contributed by atoms with Crippen LogP contribution >= 0.6 is 11.3 Å². The fraction of sp³-hybridized carbons (Fsp3) is 0.227. The Kier molecular flexibility index (Phi) is 7.61. The van der Waals surface area contributed by atoms with Crippen LogP contribution < -0.4 is 19.5 Å². The van der Waals surface area contributed by atoms with Crippen molar-refractivity contribution in [3.8, 4) is 17.2 Å². The molecule has 0 spiro atoms. The summed E-state index contributed by atoms with van der Waals surface area (Å²) in [5.41, 5.74) is 0.856. The highest BCUT2D eigenvalue weighted by Gasteiger charge is 2.19. The highest BCUT2D eigenvalue weighted by Crippen LogP contribution is 2.29. The maximum Gasteiger partial charge on any atom is 0.350 e. The second-order valence-corrected chi connectivity index (χ2v) is 7.54. The van der Waals surface area contributed by atoms with E-state index in [1.165, 1.54) is 38.5 Å². The Balaban J connectivity index is 1.55. The molecule has 0 atom stereocenters. The van der Waals surface area contributed by atoms with Crippen LogP contribution in [0.2, 0.25) is 0 Å². The fourth-order valence-electron chi connectivity index (χ4n) is 2.67. The summed E-state index contributed by atoms with van der Waals surface area (Å²) in [6, 6.07) is 10.5. The van der Waals surface area contributed by atoms with Crippen molar-refractivity contribution in [1.29, 1.82) is 0 Å². The summed E-state index contributed by atoms with van der Waals surface area (Å²) >= 11 is 1.10. The lowest BCUT2D eigenvalue weighted by Gasteiger charge is -2.11. The first-order valence-electron chi connectivity index (χ1n) is 9.43. The van der Waals surface area contributed by atoms with Crippen molar-refractivity contribution in [3.63, 3.8) is 0 Å². The molecular formula is C22H21FN2O6S. The molecule has 10 heteroatoms. The number of nitrogens with one attached hydrogen (secondary N) is 1. The Bertz CT molecular complexity index is 1100. The predicted octanol–water partition coefficient (Wildman–Crippen LogP) is 3.98. The van der Waals surface area contributed by atoms with Crippen LogP contribution in [0.15, 0.2) is 42.5 Å². The molecule has 0 fully saturated rings. The van der Waals surface area contributed by atoms with E-state index in [1.807, 2.05) is 0 Å². The first-order chi connectivity index (χ1) is 15.4. The Labute approximate surface area is 187 Å². The van der Waals surface area contributed by atoms with Gasteiger partial charge in [-0.2, -0.15) is 0 Å². The van der Waals surface area contributed by atoms with Gasteiger partial charge in [0.1, 0.15) is 39.6 Å². The number of carbonyl (C=O) groups is 2. The van der Waals surface area contributed by atoms with E-state index in [0.717, 1.165) is 11.3 Å². The molecule has 2 aromatic carbocycles. The van der Waals surface area contributed by atoms with Gasteiger partial charge in [-0.1, -0.05) is 0 Å². The van der Waals surface area contributed by atoms with E-state index in [2.05, 4.69) is 10.3 Å². The van der Waals surface area contributed by atoms with Gasteiger partial charge < -0.3 is 24.3 Å². The largest absolute Gasteiger partial charge is 0.497 e. The van der Waals surface area contributed by atoms with Gasteiger partial charge in [0.05, 0.1) is 25.6 Å². The summed E-state index contributed by atoms with van der Waals surface area (Å²) < 4.78 is 34.0. The minimum Gasteiger partial charge on any atom is -0.497 e. The molecule has 1 amide bonds. The molecule has 3 rings (SSSR count). The number of aryl methyl sites for hydroxylation is 1. The number of halogens is 1. The number of rotatable bonds is 9. The number of benzene rings is 2. The van der Waals surface area contributed by atoms with Gasteiger partial charge in [-0.15, -0.1) is 11.3 Å². The van der Waals surface area contributed by atoms with Crippen molar-refractivity contribution in [2.45, 2.75) is 13.5 Å². The van der Waals surface area contributed by atoms with Crippen LogP contribution in [0.5, 0.6) is 17.2 Å². The molecule has 168 valence electrons. The second kappa shape index (κ2) is 10.6. The zero-order valence-corrected chi connectivity index (χ0v) is 18.5. The highest BCUT2D eigenvalue weighted by atomic mass is 32.1. The Morgan fingerprint density at radius 2 is 1.78 bits per heavy atom. The van der Waals surface area contributed by atoms with Gasteiger partial charge in [-0.05, 0) is 43.3 Å². The normalized spacial score (nSPS) is 10.4. The molecule has 32 heavy (non-hydrogen) atoms. The number of anilines is 1. The lowest BCUT2D eigenvalue weighted by atomic mass is 10.2. The van der Waals surface area contributed by atoms with E-state index >= 15 is 0 Å². The molecule has 1 heterocycles. The van der Waals surface area contributed by atoms with Crippen LogP contribution in [0.25, 0.3) is 0 Å². The molecule has 0 saturated carbocycles. The number of esters is 1. The third-order valence-corrected chi connectivity index (χ3v) is 5.33. The predicted molar refractivity (Wildman–Crippen MR) is 116 cm³/mol. The van der Waals surface area contributed by atoms with E-state index in [9.17, 15) is 14.0 Å². The quantitative estimate of drug-likeness (QED) is 0.483. The molecular weight excluding hydrogens is 439 g/mol. The van der Waals surface area contributed by atoms with Crippen molar-refractivity contribution < 1.29 is 32.9 Å². The monoisotopic (exact) mass is 460 g/mol. The first kappa shape index (κ1) is 23.0. The Hall–Kier alpha value is -3.66. The van der Waals surface area contributed by atoms with Crippen LogP contribution in [0.1, 0.15) is 20.4 Å². The topological polar surface area (TPSA) is 96.0 Å². The second-order valence-electron chi connectivity index (χ2n) is 6.46. The van der Waals surface area contributed by atoms with Crippen molar-refractivity contribution in [1.82, 2.24) is 4.98 Å². The lowest BCUT2D eigenvalue weighted by molar-refractivity contribution is -0.119. The van der Waals surface area contributed by atoms with E-state index in [-0.39, 0.29) is 17.3 Å². The molecule has 8 nitrogen and oxygen atoms in total. The number of carbonyl (C=O) groups excluding carboxylic acids is 2. The molecule has 0 saturated heterocycles. The number of thiazole rings is 1. The third kappa shape index (κ3) is 5.94. The Morgan fingerprint density at radius 3 is 2.47 bits per heavy atom. The maximum absolute atomic E-state index is 13.0.